The molecular formula is C17H27N3O4. The van der Waals surface area contributed by atoms with Gasteiger partial charge < -0.3 is 24.0 Å². The quantitative estimate of drug-likeness (QED) is 0.844. The van der Waals surface area contributed by atoms with Gasteiger partial charge in [0.25, 0.3) is 5.88 Å². The van der Waals surface area contributed by atoms with Gasteiger partial charge in [-0.25, -0.2) is 4.79 Å². The van der Waals surface area contributed by atoms with Gasteiger partial charge in [-0.05, 0) is 39.8 Å². The van der Waals surface area contributed by atoms with Gasteiger partial charge in [-0.3, -0.25) is 0 Å². The van der Waals surface area contributed by atoms with Gasteiger partial charge in [0.15, 0.2) is 5.75 Å². The SMILES string of the molecule is COc1ccc(N2CCN(C(=O)OC(C)(C)C)C(C)C2)nc1OC. The van der Waals surface area contributed by atoms with Crippen LogP contribution in [0, 0.1) is 0 Å². The zero-order valence-corrected chi connectivity index (χ0v) is 15.3. The lowest BCUT2D eigenvalue weighted by Crippen LogP contribution is -2.55. The molecule has 7 heteroatoms. The van der Waals surface area contributed by atoms with Gasteiger partial charge in [0.2, 0.25) is 0 Å². The van der Waals surface area contributed by atoms with Gasteiger partial charge in [0.1, 0.15) is 11.4 Å². The first-order chi connectivity index (χ1) is 11.2. The molecule has 0 aromatic carbocycles. The van der Waals surface area contributed by atoms with Crippen LogP contribution in [-0.2, 0) is 4.74 Å². The van der Waals surface area contributed by atoms with Crippen molar-refractivity contribution in [3.63, 3.8) is 0 Å². The number of hydrogen-bond acceptors (Lipinski definition) is 6. The van der Waals surface area contributed by atoms with Crippen LogP contribution < -0.4 is 14.4 Å². The third-order valence-electron chi connectivity index (χ3n) is 3.80. The number of piperazine rings is 1. The van der Waals surface area contributed by atoms with Crippen LogP contribution in [-0.4, -0.2) is 61.5 Å². The normalized spacial score (nSPS) is 18.3. The Labute approximate surface area is 143 Å². The number of aromatic nitrogens is 1. The number of ether oxygens (including phenoxy) is 3. The van der Waals surface area contributed by atoms with Gasteiger partial charge in [0.05, 0.1) is 14.2 Å². The molecule has 1 aliphatic rings. The number of anilines is 1. The van der Waals surface area contributed by atoms with Gasteiger partial charge in [-0.2, -0.15) is 4.98 Å². The first-order valence-electron chi connectivity index (χ1n) is 8.08. The van der Waals surface area contributed by atoms with E-state index in [0.717, 1.165) is 5.82 Å². The highest BCUT2D eigenvalue weighted by Crippen LogP contribution is 2.28. The van der Waals surface area contributed by atoms with Crippen LogP contribution >= 0.6 is 0 Å². The number of carbonyl (C=O) groups excluding carboxylic acids is 1. The molecule has 2 heterocycles. The van der Waals surface area contributed by atoms with Crippen molar-refractivity contribution in [1.29, 1.82) is 0 Å². The van der Waals surface area contributed by atoms with Crippen LogP contribution in [0.25, 0.3) is 0 Å². The van der Waals surface area contributed by atoms with Crippen molar-refractivity contribution in [2.24, 2.45) is 0 Å². The summed E-state index contributed by atoms with van der Waals surface area (Å²) >= 11 is 0. The molecule has 2 rings (SSSR count). The van der Waals surface area contributed by atoms with Crippen LogP contribution in [0.1, 0.15) is 27.7 Å². The van der Waals surface area contributed by atoms with E-state index >= 15 is 0 Å². The third kappa shape index (κ3) is 4.21. The summed E-state index contributed by atoms with van der Waals surface area (Å²) in [5.74, 6) is 1.86. The molecule has 0 spiro atoms. The minimum atomic E-state index is -0.487. The van der Waals surface area contributed by atoms with E-state index in [4.69, 9.17) is 14.2 Å². The van der Waals surface area contributed by atoms with Crippen molar-refractivity contribution in [3.8, 4) is 11.6 Å². The molecule has 24 heavy (non-hydrogen) atoms. The summed E-state index contributed by atoms with van der Waals surface area (Å²) in [6.07, 6.45) is -0.269. The van der Waals surface area contributed by atoms with E-state index in [1.807, 2.05) is 39.8 Å². The summed E-state index contributed by atoms with van der Waals surface area (Å²) in [5, 5.41) is 0. The van der Waals surface area contributed by atoms with Crippen LogP contribution in [0.3, 0.4) is 0 Å². The van der Waals surface area contributed by atoms with E-state index < -0.39 is 5.60 Å². The molecule has 1 unspecified atom stereocenters. The number of hydrogen-bond donors (Lipinski definition) is 0. The average molecular weight is 337 g/mol. The zero-order valence-electron chi connectivity index (χ0n) is 15.3. The average Bonchev–Trinajstić information content (AvgIpc) is 2.52. The van der Waals surface area contributed by atoms with E-state index in [-0.39, 0.29) is 12.1 Å². The summed E-state index contributed by atoms with van der Waals surface area (Å²) in [5.41, 5.74) is -0.487. The number of pyridine rings is 1. The second-order valence-electron chi connectivity index (χ2n) is 6.85. The Balaban J connectivity index is 2.06. The van der Waals surface area contributed by atoms with Crippen molar-refractivity contribution in [1.82, 2.24) is 9.88 Å². The topological polar surface area (TPSA) is 64.1 Å². The molecule has 1 aromatic heterocycles. The molecular weight excluding hydrogens is 310 g/mol. The number of rotatable bonds is 3. The van der Waals surface area contributed by atoms with E-state index in [1.165, 1.54) is 0 Å². The second-order valence-corrected chi connectivity index (χ2v) is 6.85. The summed E-state index contributed by atoms with van der Waals surface area (Å²) < 4.78 is 16.0. The minimum Gasteiger partial charge on any atom is -0.491 e. The molecule has 0 aliphatic carbocycles. The second kappa shape index (κ2) is 7.15. The number of amides is 1. The molecule has 0 radical (unpaired) electrons. The Kier molecular flexibility index (Phi) is 5.41. The zero-order chi connectivity index (χ0) is 17.9. The number of methoxy groups -OCH3 is 2. The fourth-order valence-electron chi connectivity index (χ4n) is 2.65. The van der Waals surface area contributed by atoms with E-state index in [2.05, 4.69) is 9.88 Å². The highest BCUT2D eigenvalue weighted by atomic mass is 16.6. The van der Waals surface area contributed by atoms with Crippen LogP contribution in [0.5, 0.6) is 11.6 Å². The highest BCUT2D eigenvalue weighted by Gasteiger charge is 2.31. The molecule has 7 nitrogen and oxygen atoms in total. The maximum absolute atomic E-state index is 12.3. The highest BCUT2D eigenvalue weighted by molar-refractivity contribution is 5.69. The van der Waals surface area contributed by atoms with Crippen molar-refractivity contribution in [2.75, 3.05) is 38.8 Å². The molecule has 1 amide bonds. The Morgan fingerprint density at radius 2 is 1.92 bits per heavy atom. The molecule has 0 saturated carbocycles. The molecule has 134 valence electrons. The van der Waals surface area contributed by atoms with E-state index in [1.54, 1.807) is 19.1 Å². The van der Waals surface area contributed by atoms with Gasteiger partial charge >= 0.3 is 6.09 Å². The van der Waals surface area contributed by atoms with Crippen LogP contribution in [0.15, 0.2) is 12.1 Å². The smallest absolute Gasteiger partial charge is 0.410 e. The van der Waals surface area contributed by atoms with Crippen LogP contribution in [0.2, 0.25) is 0 Å². The van der Waals surface area contributed by atoms with Crippen molar-refractivity contribution in [2.45, 2.75) is 39.3 Å². The van der Waals surface area contributed by atoms with Gasteiger partial charge in [-0.15, -0.1) is 0 Å². The number of carbonyl (C=O) groups is 1. The summed E-state index contributed by atoms with van der Waals surface area (Å²) in [4.78, 5) is 20.7. The summed E-state index contributed by atoms with van der Waals surface area (Å²) in [6, 6.07) is 3.77. The lowest BCUT2D eigenvalue weighted by Gasteiger charge is -2.40. The molecule has 1 aliphatic heterocycles. The Morgan fingerprint density at radius 3 is 2.46 bits per heavy atom. The summed E-state index contributed by atoms with van der Waals surface area (Å²) in [6.45, 7) is 9.59. The minimum absolute atomic E-state index is 0.0310. The monoisotopic (exact) mass is 337 g/mol. The summed E-state index contributed by atoms with van der Waals surface area (Å²) in [7, 11) is 3.15. The molecule has 1 aromatic rings. The number of nitrogens with zero attached hydrogens (tertiary/aromatic N) is 3. The predicted molar refractivity (Wildman–Crippen MR) is 92.0 cm³/mol. The maximum atomic E-state index is 12.3. The van der Waals surface area contributed by atoms with Gasteiger partial charge in [-0.1, -0.05) is 0 Å². The van der Waals surface area contributed by atoms with E-state index in [9.17, 15) is 4.79 Å². The molecule has 1 fully saturated rings. The third-order valence-corrected chi connectivity index (χ3v) is 3.80. The van der Waals surface area contributed by atoms with Gasteiger partial charge in [0, 0.05) is 25.7 Å². The fourth-order valence-corrected chi connectivity index (χ4v) is 2.65. The largest absolute Gasteiger partial charge is 0.491 e. The predicted octanol–water partition coefficient (Wildman–Crippen LogP) is 2.54. The van der Waals surface area contributed by atoms with Crippen molar-refractivity contribution < 1.29 is 19.0 Å². The first kappa shape index (κ1) is 18.2. The Hall–Kier alpha value is -2.18. The molecule has 1 atom stereocenters. The maximum Gasteiger partial charge on any atom is 0.410 e. The fraction of sp³-hybridized carbons (Fsp3) is 0.647. The Morgan fingerprint density at radius 1 is 1.21 bits per heavy atom. The first-order valence-corrected chi connectivity index (χ1v) is 8.08. The lowest BCUT2D eigenvalue weighted by molar-refractivity contribution is 0.0158. The molecule has 0 N–H and O–H groups in total. The lowest BCUT2D eigenvalue weighted by atomic mass is 10.2. The van der Waals surface area contributed by atoms with Crippen molar-refractivity contribution >= 4 is 11.9 Å². The Bertz CT molecular complexity index is 586. The van der Waals surface area contributed by atoms with E-state index in [0.29, 0.717) is 31.3 Å². The molecule has 1 saturated heterocycles. The van der Waals surface area contributed by atoms with Crippen molar-refractivity contribution in [3.05, 3.63) is 12.1 Å². The standard InChI is InChI=1S/C17H27N3O4/c1-12-11-19(9-10-20(12)16(21)24-17(2,3)4)14-8-7-13(22-5)15(18-14)23-6/h7-8,12H,9-11H2,1-6H3. The van der Waals surface area contributed by atoms with Crippen LogP contribution in [0.4, 0.5) is 10.6 Å². The molecule has 0 bridgehead atoms.